The largest absolute Gasteiger partial charge is 0.481 e. The molecule has 6 nitrogen and oxygen atoms in total. The van der Waals surface area contributed by atoms with Crippen LogP contribution in [-0.4, -0.2) is 36.9 Å². The highest BCUT2D eigenvalue weighted by Crippen LogP contribution is 2.19. The SMILES string of the molecule is O=C(O)C1CCCN(S(=O)(=O)NCc2cccc(Br)c2)C1. The molecule has 0 spiro atoms. The standard InChI is InChI=1S/C13H17BrN2O4S/c14-12-5-1-3-10(7-12)8-15-21(19,20)16-6-2-4-11(9-16)13(17)18/h1,3,5,7,11,15H,2,4,6,8-9H2,(H,17,18). The summed E-state index contributed by atoms with van der Waals surface area (Å²) in [6, 6.07) is 7.34. The second kappa shape index (κ2) is 6.87. The lowest BCUT2D eigenvalue weighted by Gasteiger charge is -2.29. The summed E-state index contributed by atoms with van der Waals surface area (Å²) in [5.41, 5.74) is 0.833. The number of aliphatic carboxylic acids is 1. The summed E-state index contributed by atoms with van der Waals surface area (Å²) in [5, 5.41) is 9.01. The third-order valence-electron chi connectivity index (χ3n) is 3.42. The van der Waals surface area contributed by atoms with E-state index in [1.165, 1.54) is 4.31 Å². The number of hydrogen-bond acceptors (Lipinski definition) is 3. The number of halogens is 1. The molecule has 1 aromatic rings. The predicted molar refractivity (Wildman–Crippen MR) is 81.8 cm³/mol. The van der Waals surface area contributed by atoms with Crippen LogP contribution in [0.3, 0.4) is 0 Å². The fourth-order valence-electron chi connectivity index (χ4n) is 2.28. The van der Waals surface area contributed by atoms with Crippen LogP contribution in [0.4, 0.5) is 0 Å². The molecule has 1 aromatic carbocycles. The van der Waals surface area contributed by atoms with E-state index in [4.69, 9.17) is 5.11 Å². The molecule has 2 N–H and O–H groups in total. The molecule has 1 atom stereocenters. The van der Waals surface area contributed by atoms with Crippen molar-refractivity contribution in [3.8, 4) is 0 Å². The van der Waals surface area contributed by atoms with Crippen molar-refractivity contribution < 1.29 is 18.3 Å². The van der Waals surface area contributed by atoms with Crippen molar-refractivity contribution in [2.75, 3.05) is 13.1 Å². The highest BCUT2D eigenvalue weighted by atomic mass is 79.9. The Morgan fingerprint density at radius 3 is 2.90 bits per heavy atom. The lowest BCUT2D eigenvalue weighted by molar-refractivity contribution is -0.142. The molecule has 0 bridgehead atoms. The smallest absolute Gasteiger partial charge is 0.307 e. The van der Waals surface area contributed by atoms with Gasteiger partial charge in [0.1, 0.15) is 0 Å². The molecule has 21 heavy (non-hydrogen) atoms. The molecule has 0 aromatic heterocycles. The van der Waals surface area contributed by atoms with Gasteiger partial charge in [-0.25, -0.2) is 0 Å². The van der Waals surface area contributed by atoms with Crippen LogP contribution >= 0.6 is 15.9 Å². The first kappa shape index (κ1) is 16.4. The Hall–Kier alpha value is -0.960. The van der Waals surface area contributed by atoms with E-state index >= 15 is 0 Å². The molecule has 1 heterocycles. The summed E-state index contributed by atoms with van der Waals surface area (Å²) in [5.74, 6) is -1.57. The summed E-state index contributed by atoms with van der Waals surface area (Å²) >= 11 is 3.33. The van der Waals surface area contributed by atoms with Gasteiger partial charge in [-0.05, 0) is 30.5 Å². The topological polar surface area (TPSA) is 86.7 Å². The van der Waals surface area contributed by atoms with E-state index < -0.39 is 22.1 Å². The summed E-state index contributed by atoms with van der Waals surface area (Å²) < 4.78 is 29.1. The Morgan fingerprint density at radius 1 is 1.48 bits per heavy atom. The van der Waals surface area contributed by atoms with Gasteiger partial charge in [0.15, 0.2) is 0 Å². The molecular formula is C13H17BrN2O4S. The molecule has 0 saturated carbocycles. The first-order valence-electron chi connectivity index (χ1n) is 6.60. The van der Waals surface area contributed by atoms with Crippen LogP contribution < -0.4 is 4.72 Å². The van der Waals surface area contributed by atoms with Crippen LogP contribution in [0.25, 0.3) is 0 Å². The number of nitrogens with one attached hydrogen (secondary N) is 1. The molecule has 1 aliphatic rings. The van der Waals surface area contributed by atoms with Gasteiger partial charge >= 0.3 is 5.97 Å². The van der Waals surface area contributed by atoms with Crippen LogP contribution in [-0.2, 0) is 21.5 Å². The van der Waals surface area contributed by atoms with Gasteiger partial charge in [0.2, 0.25) is 0 Å². The molecule has 0 amide bonds. The van der Waals surface area contributed by atoms with Gasteiger partial charge in [0, 0.05) is 24.1 Å². The third kappa shape index (κ3) is 4.50. The summed E-state index contributed by atoms with van der Waals surface area (Å²) in [6.45, 7) is 0.566. The Balaban J connectivity index is 1.99. The Kier molecular flexibility index (Phi) is 5.37. The minimum absolute atomic E-state index is 0.0309. The molecule has 116 valence electrons. The Labute approximate surface area is 132 Å². The highest BCUT2D eigenvalue weighted by Gasteiger charge is 2.31. The maximum absolute atomic E-state index is 12.2. The van der Waals surface area contributed by atoms with Gasteiger partial charge in [0.05, 0.1) is 5.92 Å². The molecule has 1 aliphatic heterocycles. The normalized spacial score (nSPS) is 20.3. The van der Waals surface area contributed by atoms with E-state index in [0.717, 1.165) is 10.0 Å². The van der Waals surface area contributed by atoms with Crippen molar-refractivity contribution >= 4 is 32.1 Å². The number of rotatable bonds is 5. The van der Waals surface area contributed by atoms with E-state index in [-0.39, 0.29) is 13.1 Å². The van der Waals surface area contributed by atoms with Crippen LogP contribution in [0.15, 0.2) is 28.7 Å². The first-order chi connectivity index (χ1) is 9.88. The molecule has 0 radical (unpaired) electrons. The van der Waals surface area contributed by atoms with Gasteiger partial charge in [-0.2, -0.15) is 17.4 Å². The predicted octanol–water partition coefficient (Wildman–Crippen LogP) is 1.58. The molecular weight excluding hydrogens is 360 g/mol. The number of nitrogens with zero attached hydrogens (tertiary/aromatic N) is 1. The maximum atomic E-state index is 12.2. The minimum atomic E-state index is -3.66. The number of carbonyl (C=O) groups is 1. The number of carboxylic acid groups (broad SMARTS) is 1. The molecule has 2 rings (SSSR count). The number of hydrogen-bond donors (Lipinski definition) is 2. The van der Waals surface area contributed by atoms with E-state index in [9.17, 15) is 13.2 Å². The average molecular weight is 377 g/mol. The second-order valence-corrected chi connectivity index (χ2v) is 7.66. The van der Waals surface area contributed by atoms with Gasteiger partial charge < -0.3 is 5.11 Å². The zero-order valence-electron chi connectivity index (χ0n) is 11.3. The fourth-order valence-corrected chi connectivity index (χ4v) is 4.00. The summed E-state index contributed by atoms with van der Waals surface area (Å²) in [6.07, 6.45) is 1.09. The van der Waals surface area contributed by atoms with Crippen molar-refractivity contribution in [1.29, 1.82) is 0 Å². The first-order valence-corrected chi connectivity index (χ1v) is 8.84. The molecule has 1 unspecified atom stereocenters. The number of benzene rings is 1. The maximum Gasteiger partial charge on any atom is 0.307 e. The fraction of sp³-hybridized carbons (Fsp3) is 0.462. The lowest BCUT2D eigenvalue weighted by atomic mass is 10.0. The van der Waals surface area contributed by atoms with Crippen molar-refractivity contribution in [1.82, 2.24) is 9.03 Å². The van der Waals surface area contributed by atoms with Crippen molar-refractivity contribution in [2.24, 2.45) is 5.92 Å². The zero-order valence-corrected chi connectivity index (χ0v) is 13.7. The Bertz CT molecular complexity index is 620. The number of piperidine rings is 1. The summed E-state index contributed by atoms with van der Waals surface area (Å²) in [7, 11) is -3.66. The van der Waals surface area contributed by atoms with E-state index in [1.807, 2.05) is 24.3 Å². The van der Waals surface area contributed by atoms with Crippen LogP contribution in [0, 0.1) is 5.92 Å². The van der Waals surface area contributed by atoms with Gasteiger partial charge in [-0.1, -0.05) is 28.1 Å². The van der Waals surface area contributed by atoms with Gasteiger partial charge in [0.25, 0.3) is 10.2 Å². The highest BCUT2D eigenvalue weighted by molar-refractivity contribution is 9.10. The average Bonchev–Trinajstić information content (AvgIpc) is 2.45. The van der Waals surface area contributed by atoms with Gasteiger partial charge in [-0.15, -0.1) is 0 Å². The van der Waals surface area contributed by atoms with Crippen molar-refractivity contribution in [2.45, 2.75) is 19.4 Å². The van der Waals surface area contributed by atoms with Crippen LogP contribution in [0.1, 0.15) is 18.4 Å². The second-order valence-electron chi connectivity index (χ2n) is 4.99. The van der Waals surface area contributed by atoms with Crippen LogP contribution in [0.5, 0.6) is 0 Å². The lowest BCUT2D eigenvalue weighted by Crippen LogP contribution is -2.47. The minimum Gasteiger partial charge on any atom is -0.481 e. The zero-order chi connectivity index (χ0) is 15.5. The number of carboxylic acids is 1. The summed E-state index contributed by atoms with van der Waals surface area (Å²) in [4.78, 5) is 11.0. The quantitative estimate of drug-likeness (QED) is 0.816. The molecule has 0 aliphatic carbocycles. The van der Waals surface area contributed by atoms with E-state index in [2.05, 4.69) is 20.7 Å². The molecule has 1 fully saturated rings. The molecule has 8 heteroatoms. The van der Waals surface area contributed by atoms with E-state index in [0.29, 0.717) is 19.4 Å². The monoisotopic (exact) mass is 376 g/mol. The van der Waals surface area contributed by atoms with Crippen LogP contribution in [0.2, 0.25) is 0 Å². The van der Waals surface area contributed by atoms with Gasteiger partial charge in [-0.3, -0.25) is 4.79 Å². The van der Waals surface area contributed by atoms with Crippen molar-refractivity contribution in [3.63, 3.8) is 0 Å². The van der Waals surface area contributed by atoms with Crippen molar-refractivity contribution in [3.05, 3.63) is 34.3 Å². The van der Waals surface area contributed by atoms with E-state index in [1.54, 1.807) is 0 Å². The molecule has 1 saturated heterocycles. The Morgan fingerprint density at radius 2 is 2.24 bits per heavy atom. The third-order valence-corrected chi connectivity index (χ3v) is 5.43.